The van der Waals surface area contributed by atoms with Crippen LogP contribution in [0.25, 0.3) is 0 Å². The second-order valence-corrected chi connectivity index (χ2v) is 5.50. The third-order valence-electron chi connectivity index (χ3n) is 4.08. The summed E-state index contributed by atoms with van der Waals surface area (Å²) in [5, 5.41) is 0. The van der Waals surface area contributed by atoms with Gasteiger partial charge < -0.3 is 10.3 Å². The summed E-state index contributed by atoms with van der Waals surface area (Å²) >= 11 is 0. The molecule has 4 nitrogen and oxygen atoms in total. The summed E-state index contributed by atoms with van der Waals surface area (Å²) in [6.07, 6.45) is 9.21. The standard InChI is InChI=1S/C14H26N4/c1-3-7-18-11-16-9-14(18)13(8-15)17(2)10-12-5-4-6-12/h9,11-13H,3-8,10,15H2,1-2H3. The smallest absolute Gasteiger partial charge is 0.0948 e. The summed E-state index contributed by atoms with van der Waals surface area (Å²) < 4.78 is 2.24. The van der Waals surface area contributed by atoms with Gasteiger partial charge in [-0.25, -0.2) is 4.98 Å². The van der Waals surface area contributed by atoms with Crippen LogP contribution in [0, 0.1) is 5.92 Å². The number of likely N-dealkylation sites (N-methyl/N-ethyl adjacent to an activating group) is 1. The highest BCUT2D eigenvalue weighted by Gasteiger charge is 2.24. The van der Waals surface area contributed by atoms with Gasteiger partial charge in [0.1, 0.15) is 0 Å². The van der Waals surface area contributed by atoms with E-state index < -0.39 is 0 Å². The van der Waals surface area contributed by atoms with E-state index in [4.69, 9.17) is 5.73 Å². The zero-order valence-electron chi connectivity index (χ0n) is 11.7. The number of hydrogen-bond acceptors (Lipinski definition) is 3. The van der Waals surface area contributed by atoms with Gasteiger partial charge in [0.15, 0.2) is 0 Å². The van der Waals surface area contributed by atoms with Gasteiger partial charge in [0.05, 0.1) is 18.1 Å². The molecular weight excluding hydrogens is 224 g/mol. The molecule has 2 rings (SSSR count). The number of hydrogen-bond donors (Lipinski definition) is 1. The van der Waals surface area contributed by atoms with E-state index in [1.54, 1.807) is 0 Å². The Hall–Kier alpha value is -0.870. The predicted molar refractivity (Wildman–Crippen MR) is 74.3 cm³/mol. The lowest BCUT2D eigenvalue weighted by molar-refractivity contribution is 0.160. The van der Waals surface area contributed by atoms with Gasteiger partial charge >= 0.3 is 0 Å². The van der Waals surface area contributed by atoms with Gasteiger partial charge in [0.2, 0.25) is 0 Å². The molecule has 1 aromatic heterocycles. The minimum Gasteiger partial charge on any atom is -0.333 e. The van der Waals surface area contributed by atoms with Crippen molar-refractivity contribution in [2.75, 3.05) is 20.1 Å². The Morgan fingerprint density at radius 3 is 2.89 bits per heavy atom. The third kappa shape index (κ3) is 2.93. The minimum absolute atomic E-state index is 0.305. The van der Waals surface area contributed by atoms with Crippen LogP contribution >= 0.6 is 0 Å². The lowest BCUT2D eigenvalue weighted by Crippen LogP contribution is -2.37. The maximum absolute atomic E-state index is 5.98. The highest BCUT2D eigenvalue weighted by atomic mass is 15.2. The van der Waals surface area contributed by atoms with Crippen molar-refractivity contribution in [2.45, 2.75) is 45.2 Å². The fourth-order valence-electron chi connectivity index (χ4n) is 2.77. The van der Waals surface area contributed by atoms with E-state index in [1.165, 1.54) is 31.5 Å². The van der Waals surface area contributed by atoms with E-state index in [-0.39, 0.29) is 0 Å². The number of rotatable bonds is 7. The average molecular weight is 250 g/mol. The van der Waals surface area contributed by atoms with Crippen molar-refractivity contribution in [3.05, 3.63) is 18.2 Å². The van der Waals surface area contributed by atoms with Crippen LogP contribution in [-0.4, -0.2) is 34.6 Å². The van der Waals surface area contributed by atoms with Crippen LogP contribution in [0.15, 0.2) is 12.5 Å². The normalized spacial score (nSPS) is 18.0. The van der Waals surface area contributed by atoms with Crippen molar-refractivity contribution < 1.29 is 0 Å². The maximum atomic E-state index is 5.98. The molecule has 4 heteroatoms. The van der Waals surface area contributed by atoms with E-state index in [0.29, 0.717) is 12.6 Å². The second kappa shape index (κ2) is 6.34. The van der Waals surface area contributed by atoms with Gasteiger partial charge in [-0.2, -0.15) is 0 Å². The van der Waals surface area contributed by atoms with Crippen molar-refractivity contribution in [3.8, 4) is 0 Å². The first-order valence-electron chi connectivity index (χ1n) is 7.16. The molecular formula is C14H26N4. The molecule has 0 aliphatic heterocycles. The van der Waals surface area contributed by atoms with Gasteiger partial charge in [-0.1, -0.05) is 13.3 Å². The number of nitrogens with zero attached hydrogens (tertiary/aromatic N) is 3. The van der Waals surface area contributed by atoms with Crippen molar-refractivity contribution >= 4 is 0 Å². The molecule has 0 spiro atoms. The highest BCUT2D eigenvalue weighted by molar-refractivity contribution is 5.06. The second-order valence-electron chi connectivity index (χ2n) is 5.50. The number of aryl methyl sites for hydroxylation is 1. The number of imidazole rings is 1. The zero-order valence-corrected chi connectivity index (χ0v) is 11.7. The summed E-state index contributed by atoms with van der Waals surface area (Å²) in [5.74, 6) is 0.881. The van der Waals surface area contributed by atoms with E-state index in [1.807, 2.05) is 12.5 Å². The topological polar surface area (TPSA) is 47.1 Å². The SMILES string of the molecule is CCCn1cncc1C(CN)N(C)CC1CCC1. The zero-order chi connectivity index (χ0) is 13.0. The first-order valence-corrected chi connectivity index (χ1v) is 7.16. The average Bonchev–Trinajstić information content (AvgIpc) is 2.74. The van der Waals surface area contributed by atoms with Crippen LogP contribution in [0.1, 0.15) is 44.3 Å². The predicted octanol–water partition coefficient (Wildman–Crippen LogP) is 2.02. The summed E-state index contributed by atoms with van der Waals surface area (Å²) in [6, 6.07) is 0.305. The molecule has 1 aliphatic rings. The van der Waals surface area contributed by atoms with Gasteiger partial charge in [0.25, 0.3) is 0 Å². The van der Waals surface area contributed by atoms with E-state index >= 15 is 0 Å². The van der Waals surface area contributed by atoms with E-state index in [9.17, 15) is 0 Å². The largest absolute Gasteiger partial charge is 0.333 e. The van der Waals surface area contributed by atoms with Crippen molar-refractivity contribution in [3.63, 3.8) is 0 Å². The first kappa shape index (κ1) is 13.6. The molecule has 1 aliphatic carbocycles. The van der Waals surface area contributed by atoms with Crippen LogP contribution in [0.2, 0.25) is 0 Å². The van der Waals surface area contributed by atoms with Crippen molar-refractivity contribution in [1.29, 1.82) is 0 Å². The molecule has 0 radical (unpaired) electrons. The molecule has 1 saturated carbocycles. The fourth-order valence-corrected chi connectivity index (χ4v) is 2.77. The first-order chi connectivity index (χ1) is 8.76. The monoisotopic (exact) mass is 250 g/mol. The highest BCUT2D eigenvalue weighted by Crippen LogP contribution is 2.29. The Morgan fingerprint density at radius 1 is 1.56 bits per heavy atom. The maximum Gasteiger partial charge on any atom is 0.0948 e. The quantitative estimate of drug-likeness (QED) is 0.805. The van der Waals surface area contributed by atoms with Crippen LogP contribution < -0.4 is 5.73 Å². The lowest BCUT2D eigenvalue weighted by atomic mass is 9.85. The Labute approximate surface area is 110 Å². The summed E-state index contributed by atoms with van der Waals surface area (Å²) in [7, 11) is 2.19. The lowest BCUT2D eigenvalue weighted by Gasteiger charge is -2.34. The molecule has 2 N–H and O–H groups in total. The molecule has 1 unspecified atom stereocenters. The van der Waals surface area contributed by atoms with Crippen molar-refractivity contribution in [1.82, 2.24) is 14.5 Å². The molecule has 0 amide bonds. The molecule has 0 aromatic carbocycles. The molecule has 1 aromatic rings. The molecule has 0 saturated heterocycles. The molecule has 1 atom stereocenters. The Morgan fingerprint density at radius 2 is 2.33 bits per heavy atom. The Balaban J connectivity index is 2.03. The minimum atomic E-state index is 0.305. The molecule has 102 valence electrons. The van der Waals surface area contributed by atoms with Crippen LogP contribution in [-0.2, 0) is 6.54 Å². The van der Waals surface area contributed by atoms with Crippen LogP contribution in [0.3, 0.4) is 0 Å². The number of nitrogens with two attached hydrogens (primary N) is 1. The van der Waals surface area contributed by atoms with Crippen LogP contribution in [0.5, 0.6) is 0 Å². The van der Waals surface area contributed by atoms with Gasteiger partial charge in [-0.05, 0) is 32.2 Å². The van der Waals surface area contributed by atoms with Gasteiger partial charge in [-0.3, -0.25) is 4.90 Å². The number of aromatic nitrogens is 2. The third-order valence-corrected chi connectivity index (χ3v) is 4.08. The molecule has 0 bridgehead atoms. The van der Waals surface area contributed by atoms with Gasteiger partial charge in [-0.15, -0.1) is 0 Å². The Kier molecular flexibility index (Phi) is 4.78. The Bertz CT molecular complexity index is 356. The van der Waals surface area contributed by atoms with Gasteiger partial charge in [0, 0.05) is 25.8 Å². The molecule has 18 heavy (non-hydrogen) atoms. The van der Waals surface area contributed by atoms with Crippen LogP contribution in [0.4, 0.5) is 0 Å². The summed E-state index contributed by atoms with van der Waals surface area (Å²) in [4.78, 5) is 6.70. The molecule has 1 fully saturated rings. The molecule has 1 heterocycles. The van der Waals surface area contributed by atoms with E-state index in [2.05, 4.69) is 28.4 Å². The van der Waals surface area contributed by atoms with Crippen molar-refractivity contribution in [2.24, 2.45) is 11.7 Å². The summed E-state index contributed by atoms with van der Waals surface area (Å²) in [5.41, 5.74) is 7.25. The fraction of sp³-hybridized carbons (Fsp3) is 0.786. The van der Waals surface area contributed by atoms with E-state index in [0.717, 1.165) is 18.9 Å². The summed E-state index contributed by atoms with van der Waals surface area (Å²) in [6.45, 7) is 5.06.